The lowest BCUT2D eigenvalue weighted by Gasteiger charge is -2.20. The lowest BCUT2D eigenvalue weighted by molar-refractivity contribution is 0.162. The van der Waals surface area contributed by atoms with E-state index in [1.54, 1.807) is 7.05 Å². The van der Waals surface area contributed by atoms with Gasteiger partial charge in [0.1, 0.15) is 0 Å². The van der Waals surface area contributed by atoms with E-state index in [1.165, 1.54) is 4.31 Å². The van der Waals surface area contributed by atoms with Crippen molar-refractivity contribution in [3.63, 3.8) is 0 Å². The number of nitrogens with zero attached hydrogens (tertiary/aromatic N) is 1. The number of likely N-dealkylation sites (N-methyl/N-ethyl adjacent to an activating group) is 1. The van der Waals surface area contributed by atoms with Crippen LogP contribution in [0.15, 0.2) is 0 Å². The molecule has 1 heterocycles. The van der Waals surface area contributed by atoms with Crippen LogP contribution in [0.25, 0.3) is 0 Å². The molecular weight excluding hydrogens is 228 g/mol. The average molecular weight is 250 g/mol. The van der Waals surface area contributed by atoms with E-state index in [-0.39, 0.29) is 12.4 Å². The lowest BCUT2D eigenvalue weighted by atomic mass is 10.2. The highest BCUT2D eigenvalue weighted by Crippen LogP contribution is 2.08. The highest BCUT2D eigenvalue weighted by molar-refractivity contribution is 7.89. The van der Waals surface area contributed by atoms with Crippen LogP contribution in [0.1, 0.15) is 19.8 Å². The Hall–Kier alpha value is -0.170. The second-order valence-electron chi connectivity index (χ2n) is 4.09. The van der Waals surface area contributed by atoms with Crippen LogP contribution >= 0.6 is 0 Å². The van der Waals surface area contributed by atoms with Crippen LogP contribution in [0.5, 0.6) is 0 Å². The fraction of sp³-hybridized carbons (Fsp3) is 1.00. The fourth-order valence-electron chi connectivity index (χ4n) is 1.80. The maximum atomic E-state index is 11.8. The molecule has 1 unspecified atom stereocenters. The molecule has 0 saturated carbocycles. The van der Waals surface area contributed by atoms with Gasteiger partial charge in [0, 0.05) is 26.2 Å². The van der Waals surface area contributed by atoms with Gasteiger partial charge in [-0.2, -0.15) is 0 Å². The molecule has 1 aliphatic heterocycles. The van der Waals surface area contributed by atoms with Crippen LogP contribution in [-0.4, -0.2) is 57.9 Å². The van der Waals surface area contributed by atoms with Crippen molar-refractivity contribution in [2.24, 2.45) is 0 Å². The number of rotatable bonds is 7. The zero-order chi connectivity index (χ0) is 12.0. The quantitative estimate of drug-likeness (QED) is 0.648. The van der Waals surface area contributed by atoms with Crippen molar-refractivity contribution in [2.45, 2.75) is 25.8 Å². The molecule has 1 N–H and O–H groups in total. The summed E-state index contributed by atoms with van der Waals surface area (Å²) in [6.07, 6.45) is 2.20. The van der Waals surface area contributed by atoms with E-state index < -0.39 is 10.0 Å². The van der Waals surface area contributed by atoms with E-state index in [4.69, 9.17) is 4.74 Å². The highest BCUT2D eigenvalue weighted by atomic mass is 32.2. The van der Waals surface area contributed by atoms with Crippen molar-refractivity contribution < 1.29 is 13.2 Å². The van der Waals surface area contributed by atoms with E-state index >= 15 is 0 Å². The Morgan fingerprint density at radius 2 is 2.25 bits per heavy atom. The van der Waals surface area contributed by atoms with Gasteiger partial charge < -0.3 is 10.1 Å². The first-order valence-electron chi connectivity index (χ1n) is 5.81. The minimum absolute atomic E-state index is 0.0735. The van der Waals surface area contributed by atoms with Crippen molar-refractivity contribution in [2.75, 3.05) is 39.1 Å². The molecule has 0 amide bonds. The number of sulfonamides is 1. The minimum Gasteiger partial charge on any atom is -0.381 e. The van der Waals surface area contributed by atoms with Gasteiger partial charge in [0.25, 0.3) is 0 Å². The maximum Gasteiger partial charge on any atom is 0.216 e. The summed E-state index contributed by atoms with van der Waals surface area (Å²) in [6.45, 7) is 4.26. The second-order valence-corrected chi connectivity index (χ2v) is 6.28. The van der Waals surface area contributed by atoms with Crippen LogP contribution in [0.3, 0.4) is 0 Å². The van der Waals surface area contributed by atoms with Crippen LogP contribution < -0.4 is 5.32 Å². The van der Waals surface area contributed by atoms with E-state index in [1.807, 2.05) is 6.92 Å². The predicted octanol–water partition coefficient (Wildman–Crippen LogP) is 0.0365. The first-order chi connectivity index (χ1) is 7.56. The van der Waals surface area contributed by atoms with Gasteiger partial charge in [0.2, 0.25) is 10.0 Å². The van der Waals surface area contributed by atoms with Crippen molar-refractivity contribution in [1.82, 2.24) is 9.62 Å². The molecule has 96 valence electrons. The predicted molar refractivity (Wildman–Crippen MR) is 63.9 cm³/mol. The summed E-state index contributed by atoms with van der Waals surface area (Å²) >= 11 is 0. The molecule has 0 spiro atoms. The molecule has 1 atom stereocenters. The largest absolute Gasteiger partial charge is 0.381 e. The standard InChI is InChI=1S/C10H22N2O3S/c1-3-15-7-8-16(13,14)12(2)9-10-5-4-6-11-10/h10-11H,3-9H2,1-2H3. The van der Waals surface area contributed by atoms with Crippen molar-refractivity contribution in [3.05, 3.63) is 0 Å². The molecule has 0 radical (unpaired) electrons. The summed E-state index contributed by atoms with van der Waals surface area (Å²) in [5, 5.41) is 3.29. The van der Waals surface area contributed by atoms with Gasteiger partial charge in [-0.25, -0.2) is 12.7 Å². The van der Waals surface area contributed by atoms with Gasteiger partial charge >= 0.3 is 0 Å². The lowest BCUT2D eigenvalue weighted by Crippen LogP contribution is -2.40. The summed E-state index contributed by atoms with van der Waals surface area (Å²) in [7, 11) is -1.51. The Morgan fingerprint density at radius 1 is 1.50 bits per heavy atom. The van der Waals surface area contributed by atoms with Crippen molar-refractivity contribution in [3.8, 4) is 0 Å². The third kappa shape index (κ3) is 4.37. The first kappa shape index (κ1) is 13.9. The Balaban J connectivity index is 2.35. The number of nitrogens with one attached hydrogen (secondary N) is 1. The van der Waals surface area contributed by atoms with Gasteiger partial charge in [0.05, 0.1) is 12.4 Å². The summed E-state index contributed by atoms with van der Waals surface area (Å²) in [4.78, 5) is 0. The molecule has 16 heavy (non-hydrogen) atoms. The van der Waals surface area contributed by atoms with E-state index in [0.29, 0.717) is 19.2 Å². The summed E-state index contributed by atoms with van der Waals surface area (Å²) in [5.74, 6) is 0.0735. The molecule has 0 aromatic rings. The number of ether oxygens (including phenoxy) is 1. The third-order valence-corrected chi connectivity index (χ3v) is 4.59. The average Bonchev–Trinajstić information content (AvgIpc) is 2.70. The first-order valence-corrected chi connectivity index (χ1v) is 7.42. The zero-order valence-corrected chi connectivity index (χ0v) is 10.9. The molecule has 1 rings (SSSR count). The zero-order valence-electron chi connectivity index (χ0n) is 10.1. The number of hydrogen-bond donors (Lipinski definition) is 1. The summed E-state index contributed by atoms with van der Waals surface area (Å²) in [6, 6.07) is 0.312. The smallest absolute Gasteiger partial charge is 0.216 e. The van der Waals surface area contributed by atoms with E-state index in [9.17, 15) is 8.42 Å². The second kappa shape index (κ2) is 6.54. The summed E-state index contributed by atoms with van der Waals surface area (Å²) < 4.78 is 30.1. The molecule has 0 aliphatic carbocycles. The van der Waals surface area contributed by atoms with Crippen LogP contribution in [0.4, 0.5) is 0 Å². The monoisotopic (exact) mass is 250 g/mol. The van der Waals surface area contributed by atoms with Crippen LogP contribution in [0, 0.1) is 0 Å². The minimum atomic E-state index is -3.15. The van der Waals surface area contributed by atoms with E-state index in [0.717, 1.165) is 19.4 Å². The van der Waals surface area contributed by atoms with Crippen LogP contribution in [-0.2, 0) is 14.8 Å². The van der Waals surface area contributed by atoms with E-state index in [2.05, 4.69) is 5.32 Å². The Labute approximate surface area is 98.2 Å². The van der Waals surface area contributed by atoms with Gasteiger partial charge in [-0.05, 0) is 26.3 Å². The molecule has 5 nitrogen and oxygen atoms in total. The van der Waals surface area contributed by atoms with Gasteiger partial charge in [0.15, 0.2) is 0 Å². The molecule has 0 bridgehead atoms. The highest BCUT2D eigenvalue weighted by Gasteiger charge is 2.23. The molecule has 1 saturated heterocycles. The van der Waals surface area contributed by atoms with Gasteiger partial charge in [-0.1, -0.05) is 0 Å². The third-order valence-electron chi connectivity index (χ3n) is 2.80. The Kier molecular flexibility index (Phi) is 5.68. The topological polar surface area (TPSA) is 58.6 Å². The molecule has 0 aromatic carbocycles. The molecule has 6 heteroatoms. The molecule has 1 fully saturated rings. The van der Waals surface area contributed by atoms with Crippen LogP contribution in [0.2, 0.25) is 0 Å². The SMILES string of the molecule is CCOCCS(=O)(=O)N(C)CC1CCCN1. The number of hydrogen-bond acceptors (Lipinski definition) is 4. The molecule has 1 aliphatic rings. The maximum absolute atomic E-state index is 11.8. The Bertz CT molecular complexity index is 286. The fourth-order valence-corrected chi connectivity index (χ4v) is 2.85. The molecule has 0 aromatic heterocycles. The van der Waals surface area contributed by atoms with Gasteiger partial charge in [-0.3, -0.25) is 0 Å². The molecular formula is C10H22N2O3S. The van der Waals surface area contributed by atoms with Gasteiger partial charge in [-0.15, -0.1) is 0 Å². The summed E-state index contributed by atoms with van der Waals surface area (Å²) in [5.41, 5.74) is 0. The van der Waals surface area contributed by atoms with Crippen molar-refractivity contribution >= 4 is 10.0 Å². The Morgan fingerprint density at radius 3 is 2.81 bits per heavy atom. The van der Waals surface area contributed by atoms with Crippen molar-refractivity contribution in [1.29, 1.82) is 0 Å². The normalized spacial score (nSPS) is 21.8.